The lowest BCUT2D eigenvalue weighted by Gasteiger charge is -2.35. The molecule has 0 saturated heterocycles. The van der Waals surface area contributed by atoms with Crippen LogP contribution in [0.25, 0.3) is 5.52 Å². The van der Waals surface area contributed by atoms with Crippen molar-refractivity contribution in [2.24, 2.45) is 5.92 Å². The van der Waals surface area contributed by atoms with Crippen LogP contribution in [-0.4, -0.2) is 39.8 Å². The Morgan fingerprint density at radius 2 is 2.28 bits per heavy atom. The van der Waals surface area contributed by atoms with Crippen LogP contribution in [0.15, 0.2) is 24.4 Å². The van der Waals surface area contributed by atoms with Gasteiger partial charge >= 0.3 is 0 Å². The van der Waals surface area contributed by atoms with Crippen molar-refractivity contribution in [1.82, 2.24) is 4.40 Å². The zero-order valence-corrected chi connectivity index (χ0v) is 18.1. The minimum atomic E-state index is -0.849. The van der Waals surface area contributed by atoms with E-state index in [1.807, 2.05) is 29.7 Å². The number of ether oxygens (including phenoxy) is 1. The van der Waals surface area contributed by atoms with E-state index in [4.69, 9.17) is 21.7 Å². The summed E-state index contributed by atoms with van der Waals surface area (Å²) in [5, 5.41) is 19.7. The summed E-state index contributed by atoms with van der Waals surface area (Å²) in [6.45, 7) is 5.31. The van der Waals surface area contributed by atoms with Gasteiger partial charge in [0.15, 0.2) is 5.78 Å². The summed E-state index contributed by atoms with van der Waals surface area (Å²) in [4.78, 5) is 13.0. The molecule has 0 aliphatic heterocycles. The smallest absolute Gasteiger partial charge is 0.170 e. The molecule has 0 spiro atoms. The highest BCUT2D eigenvalue weighted by Gasteiger charge is 2.34. The van der Waals surface area contributed by atoms with E-state index in [-0.39, 0.29) is 24.3 Å². The summed E-state index contributed by atoms with van der Waals surface area (Å²) in [6.07, 6.45) is 6.35. The summed E-state index contributed by atoms with van der Waals surface area (Å²) in [5.41, 5.74) is 1.62. The molecule has 2 unspecified atom stereocenters. The maximum atomic E-state index is 13.0. The first kappa shape index (κ1) is 22.0. The third-order valence-electron chi connectivity index (χ3n) is 5.81. The Morgan fingerprint density at radius 3 is 3.00 bits per heavy atom. The second kappa shape index (κ2) is 9.41. The van der Waals surface area contributed by atoms with Crippen molar-refractivity contribution in [2.75, 3.05) is 13.2 Å². The van der Waals surface area contributed by atoms with Gasteiger partial charge < -0.3 is 19.7 Å². The van der Waals surface area contributed by atoms with E-state index in [0.29, 0.717) is 54.5 Å². The summed E-state index contributed by atoms with van der Waals surface area (Å²) in [5.74, 6) is 0.329. The van der Waals surface area contributed by atoms with Gasteiger partial charge in [0.1, 0.15) is 0 Å². The molecule has 2 heterocycles. The van der Waals surface area contributed by atoms with Crippen molar-refractivity contribution < 1.29 is 14.6 Å². The number of hydrogen-bond acceptors (Lipinski definition) is 4. The molecule has 0 bridgehead atoms. The molecule has 1 aliphatic carbocycles. The zero-order chi connectivity index (χ0) is 21.0. The highest BCUT2D eigenvalue weighted by atomic mass is 35.5. The van der Waals surface area contributed by atoms with Gasteiger partial charge in [0, 0.05) is 49.0 Å². The molecular formula is C23H31ClN2O3. The van der Waals surface area contributed by atoms with Gasteiger partial charge in [-0.05, 0) is 43.9 Å². The zero-order valence-electron chi connectivity index (χ0n) is 17.3. The molecule has 0 amide bonds. The standard InChI is InChI=1S/C23H31ClN2O3/c1-3-29-11-8-18-13-19(22-20(24)7-5-10-26(18)22)21(27)12-17(25)15-23(28)9-4-6-16(2)14-23/h5,7,10,13,16,25,28H,3-4,6,8-9,11-12,14-15H2,1-2H3. The van der Waals surface area contributed by atoms with Crippen LogP contribution in [0.2, 0.25) is 5.02 Å². The summed E-state index contributed by atoms with van der Waals surface area (Å²) in [7, 11) is 0. The Kier molecular flexibility index (Phi) is 7.14. The van der Waals surface area contributed by atoms with Crippen molar-refractivity contribution in [3.05, 3.63) is 40.7 Å². The van der Waals surface area contributed by atoms with Crippen molar-refractivity contribution >= 4 is 28.6 Å². The number of fused-ring (bicyclic) bond motifs is 1. The number of halogens is 1. The van der Waals surface area contributed by atoms with Gasteiger partial charge in [-0.2, -0.15) is 0 Å². The first-order valence-corrected chi connectivity index (χ1v) is 10.9. The molecule has 1 aliphatic rings. The summed E-state index contributed by atoms with van der Waals surface area (Å²) in [6, 6.07) is 5.50. The lowest BCUT2D eigenvalue weighted by molar-refractivity contribution is -0.00657. The molecule has 2 aromatic rings. The quantitative estimate of drug-likeness (QED) is 0.338. The van der Waals surface area contributed by atoms with E-state index in [1.165, 1.54) is 0 Å². The van der Waals surface area contributed by atoms with Gasteiger partial charge in [-0.25, -0.2) is 0 Å². The summed E-state index contributed by atoms with van der Waals surface area (Å²) >= 11 is 6.41. The average Bonchev–Trinajstić information content (AvgIpc) is 3.01. The van der Waals surface area contributed by atoms with Crippen molar-refractivity contribution in [1.29, 1.82) is 5.41 Å². The van der Waals surface area contributed by atoms with Crippen molar-refractivity contribution in [2.45, 2.75) is 64.4 Å². The fourth-order valence-corrected chi connectivity index (χ4v) is 4.82. The minimum absolute atomic E-state index is 0.00644. The van der Waals surface area contributed by atoms with Gasteiger partial charge in [-0.15, -0.1) is 0 Å². The van der Waals surface area contributed by atoms with Gasteiger partial charge in [0.05, 0.1) is 22.7 Å². The lowest BCUT2D eigenvalue weighted by Crippen LogP contribution is -2.37. The topological polar surface area (TPSA) is 74.8 Å². The van der Waals surface area contributed by atoms with Gasteiger partial charge in [0.25, 0.3) is 0 Å². The molecule has 2 atom stereocenters. The predicted molar refractivity (Wildman–Crippen MR) is 116 cm³/mol. The molecule has 1 saturated carbocycles. The molecule has 0 aromatic carbocycles. The number of carbonyl (C=O) groups excluding carboxylic acids is 1. The maximum Gasteiger partial charge on any atom is 0.170 e. The number of nitrogens with zero attached hydrogens (tertiary/aromatic N) is 1. The van der Waals surface area contributed by atoms with Crippen LogP contribution in [0.3, 0.4) is 0 Å². The fraction of sp³-hybridized carbons (Fsp3) is 0.565. The number of Topliss-reactive ketones (excluding diaryl/α,β-unsaturated/α-hetero) is 1. The highest BCUT2D eigenvalue weighted by molar-refractivity contribution is 6.35. The predicted octanol–water partition coefficient (Wildman–Crippen LogP) is 5.10. The fourth-order valence-electron chi connectivity index (χ4n) is 4.55. The molecule has 2 N–H and O–H groups in total. The van der Waals surface area contributed by atoms with E-state index in [2.05, 4.69) is 6.92 Å². The number of aliphatic hydroxyl groups is 1. The number of aromatic nitrogens is 1. The molecule has 5 nitrogen and oxygen atoms in total. The van der Waals surface area contributed by atoms with Crippen LogP contribution < -0.4 is 0 Å². The van der Waals surface area contributed by atoms with E-state index < -0.39 is 5.60 Å². The number of ketones is 1. The first-order chi connectivity index (χ1) is 13.8. The largest absolute Gasteiger partial charge is 0.389 e. The van der Waals surface area contributed by atoms with Crippen LogP contribution in [0.5, 0.6) is 0 Å². The Balaban J connectivity index is 1.77. The lowest BCUT2D eigenvalue weighted by atomic mass is 9.76. The van der Waals surface area contributed by atoms with Crippen LogP contribution in [0.1, 0.15) is 68.4 Å². The third-order valence-corrected chi connectivity index (χ3v) is 6.12. The normalized spacial score (nSPS) is 22.1. The second-order valence-electron chi connectivity index (χ2n) is 8.38. The number of nitrogens with one attached hydrogen (secondary N) is 1. The second-order valence-corrected chi connectivity index (χ2v) is 8.78. The van der Waals surface area contributed by atoms with Gasteiger partial charge in [-0.1, -0.05) is 31.4 Å². The number of pyridine rings is 1. The number of hydrogen-bond donors (Lipinski definition) is 2. The van der Waals surface area contributed by atoms with Crippen LogP contribution in [-0.2, 0) is 11.2 Å². The molecule has 3 rings (SSSR count). The van der Waals surface area contributed by atoms with E-state index in [1.54, 1.807) is 6.07 Å². The molecule has 2 aromatic heterocycles. The molecule has 158 valence electrons. The highest BCUT2D eigenvalue weighted by Crippen LogP contribution is 2.35. The number of carbonyl (C=O) groups is 1. The first-order valence-electron chi connectivity index (χ1n) is 10.5. The molecule has 6 heteroatoms. The molecule has 29 heavy (non-hydrogen) atoms. The van der Waals surface area contributed by atoms with Crippen LogP contribution in [0.4, 0.5) is 0 Å². The Morgan fingerprint density at radius 1 is 1.48 bits per heavy atom. The molecule has 0 radical (unpaired) electrons. The van der Waals surface area contributed by atoms with E-state index in [9.17, 15) is 9.90 Å². The van der Waals surface area contributed by atoms with E-state index in [0.717, 1.165) is 18.5 Å². The van der Waals surface area contributed by atoms with E-state index >= 15 is 0 Å². The summed E-state index contributed by atoms with van der Waals surface area (Å²) < 4.78 is 7.40. The van der Waals surface area contributed by atoms with Gasteiger partial charge in [-0.3, -0.25) is 4.79 Å². The molecule has 1 fully saturated rings. The molecular weight excluding hydrogens is 388 g/mol. The van der Waals surface area contributed by atoms with Crippen LogP contribution >= 0.6 is 11.6 Å². The SMILES string of the molecule is CCOCCc1cc(C(=O)CC(=N)CC2(O)CCCC(C)C2)c2c(Cl)cccn12. The Hall–Kier alpha value is -1.69. The monoisotopic (exact) mass is 418 g/mol. The third kappa shape index (κ3) is 5.27. The average molecular weight is 419 g/mol. The minimum Gasteiger partial charge on any atom is -0.389 e. The van der Waals surface area contributed by atoms with Crippen LogP contribution in [0, 0.1) is 11.3 Å². The maximum absolute atomic E-state index is 13.0. The number of rotatable bonds is 9. The Bertz CT molecular complexity index is 892. The van der Waals surface area contributed by atoms with Gasteiger partial charge in [0.2, 0.25) is 0 Å². The Labute approximate surface area is 177 Å². The van der Waals surface area contributed by atoms with Crippen molar-refractivity contribution in [3.8, 4) is 0 Å². The van der Waals surface area contributed by atoms with Crippen molar-refractivity contribution in [3.63, 3.8) is 0 Å².